The smallest absolute Gasteiger partial charge is 0.326 e. The molecule has 1 fully saturated rings. The third kappa shape index (κ3) is 5.16. The van der Waals surface area contributed by atoms with Gasteiger partial charge in [-0.05, 0) is 62.6 Å². The van der Waals surface area contributed by atoms with Crippen molar-refractivity contribution in [2.45, 2.75) is 70.5 Å². The first-order valence-corrected chi connectivity index (χ1v) is 15.2. The number of carbonyl (C=O) groups is 1. The summed E-state index contributed by atoms with van der Waals surface area (Å²) in [5.41, 5.74) is 7.52. The van der Waals surface area contributed by atoms with Crippen LogP contribution in [0.2, 0.25) is 10.0 Å². The maximum Gasteiger partial charge on any atom is 0.326 e. The second kappa shape index (κ2) is 11.2. The molecule has 7 nitrogen and oxygen atoms in total. The number of pyridine rings is 1. The molecule has 2 aliphatic heterocycles. The van der Waals surface area contributed by atoms with Gasteiger partial charge in [-0.1, -0.05) is 68.2 Å². The molecule has 3 heterocycles. The van der Waals surface area contributed by atoms with E-state index < -0.39 is 11.1 Å². The summed E-state index contributed by atoms with van der Waals surface area (Å²) >= 11 is 12.7. The van der Waals surface area contributed by atoms with Crippen molar-refractivity contribution in [3.63, 3.8) is 0 Å². The molecule has 3 atom stereocenters. The van der Waals surface area contributed by atoms with Gasteiger partial charge in [0.1, 0.15) is 22.7 Å². The standard InChI is InChI=1S/C33H39Cl2N5O2/c1-7-42-27-18-28(31(2,3)4)37-19-26(27)29-38-32(5,21-8-12-23(34)13-9-21)33(6,22-10-14-24(35)15-11-22)40(29)30(41)39-17-16-25(36)20-39/h8-15,18-19,25H,7,16-17,20,36H2,1-6H3/t25?,32-,33+/m0/s1. The number of nitrogens with two attached hydrogens (primary N) is 1. The first-order chi connectivity index (χ1) is 19.8. The Morgan fingerprint density at radius 2 is 1.64 bits per heavy atom. The zero-order valence-electron chi connectivity index (χ0n) is 25.1. The molecule has 1 saturated heterocycles. The van der Waals surface area contributed by atoms with Gasteiger partial charge in [0, 0.05) is 52.5 Å². The van der Waals surface area contributed by atoms with Crippen LogP contribution in [0.3, 0.4) is 0 Å². The van der Waals surface area contributed by atoms with Crippen LogP contribution in [-0.2, 0) is 16.5 Å². The molecule has 2 aliphatic rings. The number of carbonyl (C=O) groups excluding carboxylic acids is 1. The quantitative estimate of drug-likeness (QED) is 0.334. The SMILES string of the molecule is CCOc1cc(C(C)(C)C)ncc1C1=N[C@@](C)(c2ccc(Cl)cc2)[C@@](C)(c2ccc(Cl)cc2)N1C(=O)N1CCC(N)C1. The summed E-state index contributed by atoms with van der Waals surface area (Å²) in [6.45, 7) is 13.9. The highest BCUT2D eigenvalue weighted by Crippen LogP contribution is 2.54. The van der Waals surface area contributed by atoms with Gasteiger partial charge < -0.3 is 15.4 Å². The van der Waals surface area contributed by atoms with E-state index in [4.69, 9.17) is 43.6 Å². The van der Waals surface area contributed by atoms with Gasteiger partial charge in [-0.25, -0.2) is 4.79 Å². The Morgan fingerprint density at radius 1 is 1.05 bits per heavy atom. The van der Waals surface area contributed by atoms with Crippen molar-refractivity contribution in [1.29, 1.82) is 0 Å². The molecule has 0 radical (unpaired) electrons. The Hall–Kier alpha value is -3.13. The molecule has 222 valence electrons. The molecule has 2 aromatic carbocycles. The van der Waals surface area contributed by atoms with Gasteiger partial charge in [0.15, 0.2) is 0 Å². The van der Waals surface area contributed by atoms with Crippen LogP contribution in [0.4, 0.5) is 4.79 Å². The summed E-state index contributed by atoms with van der Waals surface area (Å²) in [5, 5.41) is 1.23. The van der Waals surface area contributed by atoms with E-state index >= 15 is 0 Å². The zero-order chi connectivity index (χ0) is 30.4. The molecule has 5 rings (SSSR count). The van der Waals surface area contributed by atoms with Crippen LogP contribution >= 0.6 is 23.2 Å². The van der Waals surface area contributed by atoms with Crippen LogP contribution in [0.15, 0.2) is 65.8 Å². The van der Waals surface area contributed by atoms with Crippen molar-refractivity contribution in [2.24, 2.45) is 10.7 Å². The van der Waals surface area contributed by atoms with E-state index in [1.165, 1.54) is 0 Å². The van der Waals surface area contributed by atoms with E-state index in [0.717, 1.165) is 23.2 Å². The van der Waals surface area contributed by atoms with Crippen LogP contribution < -0.4 is 10.5 Å². The maximum atomic E-state index is 14.7. The lowest BCUT2D eigenvalue weighted by Crippen LogP contribution is -2.58. The fourth-order valence-electron chi connectivity index (χ4n) is 5.96. The van der Waals surface area contributed by atoms with Crippen LogP contribution in [0, 0.1) is 0 Å². The highest BCUT2D eigenvalue weighted by atomic mass is 35.5. The number of hydrogen-bond acceptors (Lipinski definition) is 5. The highest BCUT2D eigenvalue weighted by molar-refractivity contribution is 6.30. The first-order valence-electron chi connectivity index (χ1n) is 14.4. The molecule has 0 saturated carbocycles. The summed E-state index contributed by atoms with van der Waals surface area (Å²) < 4.78 is 6.21. The molecule has 1 aromatic heterocycles. The number of urea groups is 1. The summed E-state index contributed by atoms with van der Waals surface area (Å²) in [5.74, 6) is 1.12. The third-order valence-corrected chi connectivity index (χ3v) is 9.11. The molecular formula is C33H39Cl2N5O2. The van der Waals surface area contributed by atoms with Gasteiger partial charge in [-0.2, -0.15) is 0 Å². The molecule has 0 aliphatic carbocycles. The Morgan fingerprint density at radius 3 is 2.17 bits per heavy atom. The van der Waals surface area contributed by atoms with E-state index in [0.29, 0.717) is 46.9 Å². The minimum absolute atomic E-state index is 0.0758. The highest BCUT2D eigenvalue weighted by Gasteiger charge is 2.60. The maximum absolute atomic E-state index is 14.7. The van der Waals surface area contributed by atoms with Crippen molar-refractivity contribution >= 4 is 35.1 Å². The number of likely N-dealkylation sites (tertiary alicyclic amines) is 1. The fourth-order valence-corrected chi connectivity index (χ4v) is 6.21. The van der Waals surface area contributed by atoms with Gasteiger partial charge >= 0.3 is 6.03 Å². The van der Waals surface area contributed by atoms with Crippen molar-refractivity contribution < 1.29 is 9.53 Å². The zero-order valence-corrected chi connectivity index (χ0v) is 26.6. The minimum Gasteiger partial charge on any atom is -0.493 e. The second-order valence-electron chi connectivity index (χ2n) is 12.5. The Balaban J connectivity index is 1.81. The third-order valence-electron chi connectivity index (χ3n) is 8.61. The fraction of sp³-hybridized carbons (Fsp3) is 0.424. The normalized spacial score (nSPS) is 24.2. The van der Waals surface area contributed by atoms with Crippen molar-refractivity contribution in [2.75, 3.05) is 19.7 Å². The number of amides is 2. The molecule has 1 unspecified atom stereocenters. The molecule has 9 heteroatoms. The van der Waals surface area contributed by atoms with Gasteiger partial charge in [-0.15, -0.1) is 0 Å². The number of amidine groups is 1. The summed E-state index contributed by atoms with van der Waals surface area (Å²) in [6.07, 6.45) is 2.53. The van der Waals surface area contributed by atoms with Crippen molar-refractivity contribution in [3.05, 3.63) is 93.2 Å². The monoisotopic (exact) mass is 607 g/mol. The Kier molecular flexibility index (Phi) is 8.07. The average Bonchev–Trinajstić information content (AvgIpc) is 3.48. The molecule has 0 bridgehead atoms. The number of aromatic nitrogens is 1. The number of halogens is 2. The van der Waals surface area contributed by atoms with Gasteiger partial charge in [-0.3, -0.25) is 14.9 Å². The predicted octanol–water partition coefficient (Wildman–Crippen LogP) is 7.13. The van der Waals surface area contributed by atoms with Crippen LogP contribution in [0.25, 0.3) is 0 Å². The summed E-state index contributed by atoms with van der Waals surface area (Å²) in [4.78, 5) is 28.6. The van der Waals surface area contributed by atoms with Crippen molar-refractivity contribution in [3.8, 4) is 5.75 Å². The minimum atomic E-state index is -0.975. The number of aliphatic imine (C=N–C) groups is 1. The number of rotatable bonds is 5. The number of nitrogens with zero attached hydrogens (tertiary/aromatic N) is 4. The average molecular weight is 609 g/mol. The first kappa shape index (κ1) is 30.3. The van der Waals surface area contributed by atoms with Gasteiger partial charge in [0.05, 0.1) is 12.2 Å². The van der Waals surface area contributed by atoms with Crippen LogP contribution in [-0.4, -0.2) is 52.4 Å². The van der Waals surface area contributed by atoms with E-state index in [1.807, 2.05) is 71.3 Å². The van der Waals surface area contributed by atoms with Crippen LogP contribution in [0.1, 0.15) is 70.3 Å². The van der Waals surface area contributed by atoms with Gasteiger partial charge in [0.2, 0.25) is 0 Å². The Labute approximate surface area is 258 Å². The number of hydrogen-bond donors (Lipinski definition) is 1. The largest absolute Gasteiger partial charge is 0.493 e. The number of ether oxygens (including phenoxy) is 1. The summed E-state index contributed by atoms with van der Waals surface area (Å²) in [7, 11) is 0. The lowest BCUT2D eigenvalue weighted by atomic mass is 9.71. The van der Waals surface area contributed by atoms with Crippen molar-refractivity contribution in [1.82, 2.24) is 14.8 Å². The number of benzene rings is 2. The van der Waals surface area contributed by atoms with Gasteiger partial charge in [0.25, 0.3) is 0 Å². The topological polar surface area (TPSA) is 84.1 Å². The van der Waals surface area contributed by atoms with E-state index in [9.17, 15) is 4.79 Å². The second-order valence-corrected chi connectivity index (χ2v) is 13.3. The van der Waals surface area contributed by atoms with E-state index in [1.54, 1.807) is 6.20 Å². The molecular weight excluding hydrogens is 569 g/mol. The van der Waals surface area contributed by atoms with E-state index in [2.05, 4.69) is 34.6 Å². The van der Waals surface area contributed by atoms with Crippen LogP contribution in [0.5, 0.6) is 5.75 Å². The molecule has 0 spiro atoms. The lowest BCUT2D eigenvalue weighted by Gasteiger charge is -2.46. The molecule has 2 amide bonds. The Bertz CT molecular complexity index is 1500. The molecule has 2 N–H and O–H groups in total. The lowest BCUT2D eigenvalue weighted by molar-refractivity contribution is 0.113. The summed E-state index contributed by atoms with van der Waals surface area (Å²) in [6, 6.07) is 17.0. The molecule has 3 aromatic rings. The predicted molar refractivity (Wildman–Crippen MR) is 170 cm³/mol. The van der Waals surface area contributed by atoms with E-state index in [-0.39, 0.29) is 17.5 Å². The molecule has 42 heavy (non-hydrogen) atoms.